The van der Waals surface area contributed by atoms with Crippen molar-refractivity contribution < 1.29 is 29.0 Å². The third-order valence-electron chi connectivity index (χ3n) is 4.84. The molecule has 0 fully saturated rings. The van der Waals surface area contributed by atoms with E-state index in [0.29, 0.717) is 0 Å². The summed E-state index contributed by atoms with van der Waals surface area (Å²) in [6.45, 7) is 14.2. The smallest absolute Gasteiger partial charge is 0.328 e. The summed E-state index contributed by atoms with van der Waals surface area (Å²) in [5, 5.41) is 14.9. The molecule has 1 aromatic rings. The number of benzene rings is 1. The minimum Gasteiger partial charge on any atom is -0.480 e. The predicted molar refractivity (Wildman–Crippen MR) is 130 cm³/mol. The van der Waals surface area contributed by atoms with Crippen LogP contribution < -0.4 is 16.4 Å². The Morgan fingerprint density at radius 2 is 1.38 bits per heavy atom. The molecule has 0 unspecified atom stereocenters. The van der Waals surface area contributed by atoms with Crippen LogP contribution in [0.3, 0.4) is 0 Å². The first-order valence-electron chi connectivity index (χ1n) is 11.5. The van der Waals surface area contributed by atoms with Crippen LogP contribution >= 0.6 is 0 Å². The van der Waals surface area contributed by atoms with Crippen LogP contribution in [0.1, 0.15) is 61.0 Å². The molecule has 0 aliphatic rings. The summed E-state index contributed by atoms with van der Waals surface area (Å²) < 4.78 is 11.5. The first-order valence-corrected chi connectivity index (χ1v) is 11.5. The Balaban J connectivity index is 3.07. The van der Waals surface area contributed by atoms with E-state index in [1.54, 1.807) is 34.6 Å². The molecule has 192 valence electrons. The highest BCUT2D eigenvalue weighted by molar-refractivity contribution is 5.92. The zero-order valence-corrected chi connectivity index (χ0v) is 21.5. The van der Waals surface area contributed by atoms with E-state index in [2.05, 4.69) is 10.6 Å². The molecule has 0 heterocycles. The molecule has 1 aromatic carbocycles. The van der Waals surface area contributed by atoms with Gasteiger partial charge in [-0.15, -0.1) is 0 Å². The maximum atomic E-state index is 13.2. The third kappa shape index (κ3) is 10.6. The van der Waals surface area contributed by atoms with Crippen molar-refractivity contribution in [3.05, 3.63) is 35.9 Å². The van der Waals surface area contributed by atoms with Crippen molar-refractivity contribution in [3.8, 4) is 0 Å². The van der Waals surface area contributed by atoms with E-state index in [0.717, 1.165) is 5.56 Å². The van der Waals surface area contributed by atoms with Gasteiger partial charge in [0.1, 0.15) is 12.1 Å². The summed E-state index contributed by atoms with van der Waals surface area (Å²) in [4.78, 5) is 37.9. The number of hydrogen-bond acceptors (Lipinski definition) is 6. The second-order valence-corrected chi connectivity index (χ2v) is 10.5. The fraction of sp³-hybridized carbons (Fsp3) is 0.640. The molecule has 9 heteroatoms. The number of carboxylic acids is 1. The quantitative estimate of drug-likeness (QED) is 0.381. The molecule has 34 heavy (non-hydrogen) atoms. The number of carboxylic acid groups (broad SMARTS) is 1. The predicted octanol–water partition coefficient (Wildman–Crippen LogP) is 2.02. The van der Waals surface area contributed by atoms with Gasteiger partial charge in [-0.2, -0.15) is 0 Å². The topological polar surface area (TPSA) is 140 Å². The molecule has 9 nitrogen and oxygen atoms in total. The normalized spacial score (nSPS) is 16.6. The molecule has 5 N–H and O–H groups in total. The largest absolute Gasteiger partial charge is 0.480 e. The van der Waals surface area contributed by atoms with Gasteiger partial charge in [0.25, 0.3) is 0 Å². The summed E-state index contributed by atoms with van der Waals surface area (Å²) >= 11 is 0. The molecule has 0 bridgehead atoms. The zero-order valence-electron chi connectivity index (χ0n) is 21.5. The van der Waals surface area contributed by atoms with Crippen LogP contribution in [0.25, 0.3) is 0 Å². The highest BCUT2D eigenvalue weighted by atomic mass is 16.5. The number of aliphatic carboxylic acids is 1. The number of rotatable bonds is 11. The lowest BCUT2D eigenvalue weighted by Crippen LogP contribution is -2.59. The van der Waals surface area contributed by atoms with Crippen molar-refractivity contribution in [1.82, 2.24) is 10.6 Å². The molecular formula is C25H41N3O6. The van der Waals surface area contributed by atoms with Crippen LogP contribution in [0, 0.1) is 0 Å². The van der Waals surface area contributed by atoms with Crippen molar-refractivity contribution in [1.29, 1.82) is 0 Å². The zero-order chi connectivity index (χ0) is 26.3. The average molecular weight is 480 g/mol. The number of amides is 2. The van der Waals surface area contributed by atoms with Crippen molar-refractivity contribution in [2.45, 2.75) is 103 Å². The molecule has 0 spiro atoms. The van der Waals surface area contributed by atoms with Gasteiger partial charge >= 0.3 is 5.97 Å². The van der Waals surface area contributed by atoms with E-state index in [-0.39, 0.29) is 6.42 Å². The Labute approximate surface area is 202 Å². The van der Waals surface area contributed by atoms with Gasteiger partial charge in [-0.25, -0.2) is 4.79 Å². The molecule has 1 rings (SSSR count). The monoisotopic (exact) mass is 479 g/mol. The van der Waals surface area contributed by atoms with Gasteiger partial charge in [0.15, 0.2) is 6.04 Å². The Hall–Kier alpha value is -2.49. The average Bonchev–Trinajstić information content (AvgIpc) is 2.68. The van der Waals surface area contributed by atoms with Gasteiger partial charge < -0.3 is 30.9 Å². The summed E-state index contributed by atoms with van der Waals surface area (Å²) in [6, 6.07) is 5.72. The first-order chi connectivity index (χ1) is 15.5. The van der Waals surface area contributed by atoms with E-state index in [1.165, 1.54) is 0 Å². The second kappa shape index (κ2) is 12.3. The van der Waals surface area contributed by atoms with E-state index in [9.17, 15) is 19.5 Å². The molecule has 0 saturated carbocycles. The van der Waals surface area contributed by atoms with Crippen LogP contribution in [0.5, 0.6) is 0 Å². The Morgan fingerprint density at radius 1 is 0.882 bits per heavy atom. The van der Waals surface area contributed by atoms with E-state index >= 15 is 0 Å². The lowest BCUT2D eigenvalue weighted by molar-refractivity contribution is -0.150. The van der Waals surface area contributed by atoms with Crippen LogP contribution in [0.4, 0.5) is 0 Å². The maximum absolute atomic E-state index is 13.2. The summed E-state index contributed by atoms with van der Waals surface area (Å²) in [5.41, 5.74) is 5.78. The maximum Gasteiger partial charge on any atom is 0.328 e. The highest BCUT2D eigenvalue weighted by Crippen LogP contribution is 2.15. The SMILES string of the molecule is C[C@@H](OC(C)(C)C)[C@H](N)C(=O)N[C@@H](Cc1ccccc1)C(=O)N[C@H](C(=O)O)[C@@H](C)OC(C)(C)C. The molecule has 0 radical (unpaired) electrons. The number of nitrogens with two attached hydrogens (primary N) is 1. The van der Waals surface area contributed by atoms with Crippen molar-refractivity contribution in [2.75, 3.05) is 0 Å². The fourth-order valence-electron chi connectivity index (χ4n) is 3.43. The second-order valence-electron chi connectivity index (χ2n) is 10.5. The Kier molecular flexibility index (Phi) is 10.7. The number of ether oxygens (including phenoxy) is 2. The van der Waals surface area contributed by atoms with E-state index in [4.69, 9.17) is 15.2 Å². The molecule has 2 amide bonds. The molecule has 0 saturated heterocycles. The van der Waals surface area contributed by atoms with E-state index < -0.39 is 59.3 Å². The molecular weight excluding hydrogens is 438 g/mol. The number of carbonyl (C=O) groups excluding carboxylic acids is 2. The van der Waals surface area contributed by atoms with Gasteiger partial charge in [-0.05, 0) is 61.0 Å². The van der Waals surface area contributed by atoms with Crippen molar-refractivity contribution >= 4 is 17.8 Å². The lowest BCUT2D eigenvalue weighted by atomic mass is 10.0. The summed E-state index contributed by atoms with van der Waals surface area (Å²) in [5.74, 6) is -2.46. The number of hydrogen-bond donors (Lipinski definition) is 4. The third-order valence-corrected chi connectivity index (χ3v) is 4.84. The number of nitrogens with one attached hydrogen (secondary N) is 2. The first kappa shape index (κ1) is 29.5. The minimum atomic E-state index is -1.31. The molecule has 5 atom stereocenters. The van der Waals surface area contributed by atoms with Gasteiger partial charge in [0.2, 0.25) is 11.8 Å². The summed E-state index contributed by atoms with van der Waals surface area (Å²) in [7, 11) is 0. The standard InChI is InChI=1S/C25H41N3O6/c1-15(33-24(3,4)5)19(26)22(30)27-18(14-17-12-10-9-11-13-17)21(29)28-20(23(31)32)16(2)34-25(6,7)8/h9-13,15-16,18-20H,14,26H2,1-8H3,(H,27,30)(H,28,29)(H,31,32)/t15-,16-,18+,19+,20+/m1/s1. The number of carbonyl (C=O) groups is 3. The van der Waals surface area contributed by atoms with Crippen molar-refractivity contribution in [2.24, 2.45) is 5.73 Å². The van der Waals surface area contributed by atoms with Gasteiger partial charge in [-0.3, -0.25) is 9.59 Å². The summed E-state index contributed by atoms with van der Waals surface area (Å²) in [6.07, 6.45) is -1.26. The van der Waals surface area contributed by atoms with Gasteiger partial charge in [0.05, 0.1) is 23.4 Å². The van der Waals surface area contributed by atoms with Gasteiger partial charge in [0, 0.05) is 6.42 Å². The Morgan fingerprint density at radius 3 is 1.85 bits per heavy atom. The molecule has 0 aromatic heterocycles. The highest BCUT2D eigenvalue weighted by Gasteiger charge is 2.34. The fourth-order valence-corrected chi connectivity index (χ4v) is 3.43. The Bertz CT molecular complexity index is 816. The van der Waals surface area contributed by atoms with Crippen LogP contribution in [0.15, 0.2) is 30.3 Å². The molecule has 0 aliphatic carbocycles. The minimum absolute atomic E-state index is 0.153. The van der Waals surface area contributed by atoms with E-state index in [1.807, 2.05) is 51.1 Å². The van der Waals surface area contributed by atoms with Crippen molar-refractivity contribution in [3.63, 3.8) is 0 Å². The van der Waals surface area contributed by atoms with Gasteiger partial charge in [-0.1, -0.05) is 30.3 Å². The van der Waals surface area contributed by atoms with Crippen LogP contribution in [0.2, 0.25) is 0 Å². The lowest BCUT2D eigenvalue weighted by Gasteiger charge is -2.31. The van der Waals surface area contributed by atoms with Crippen LogP contribution in [-0.2, 0) is 30.3 Å². The van der Waals surface area contributed by atoms with Crippen LogP contribution in [-0.4, -0.2) is 64.4 Å². The molecule has 0 aliphatic heterocycles.